The maximum Gasteiger partial charge on any atom is 0.245 e. The Labute approximate surface area is 586 Å². The van der Waals surface area contributed by atoms with E-state index in [1.807, 2.05) is 41.5 Å². The summed E-state index contributed by atoms with van der Waals surface area (Å²) in [4.78, 5) is 187. The van der Waals surface area contributed by atoms with E-state index in [1.165, 1.54) is 85.5 Å². The Hall–Kier alpha value is -6.12. The normalized spacial score (nSPS) is 27.0. The van der Waals surface area contributed by atoms with Crippen LogP contribution < -0.4 is 16.0 Å². The highest BCUT2D eigenvalue weighted by molar-refractivity contribution is 6.00. The van der Waals surface area contributed by atoms with Crippen LogP contribution in [0.2, 0.25) is 0 Å². The Balaban J connectivity index is 3.00. The molecule has 0 bridgehead atoms. The van der Waals surface area contributed by atoms with Crippen molar-refractivity contribution < 1.29 is 72.1 Å². The quantitative estimate of drug-likeness (QED) is 0.110. The van der Waals surface area contributed by atoms with Crippen LogP contribution in [0.1, 0.15) is 181 Å². The SMILES string of the molecule is CC[C@@H]1NC(=O)[C@H]([C@H](O)[C@H](C)CCCC(=O)N(C)C)NC(=O)[C@H](C(C)C)N(C)C(=O)[C@H](CC(C)C)N(C)C(=O)[C@H](CC(C)C)N(C)C(=O)[C@@H](C)NC(=O)[C@H](C)CC(=O)[C@H](CC(C)C)N(C)C(=O)[C@H](C(C)C)CC(=O)[C@H]([C@@H](C)OCCCCN2CCOCC2)N(C)C(=O)[C@@H](C)N(C)C1=O. The molecule has 0 radical (unpaired) electrons. The second kappa shape index (κ2) is 41.6. The first-order valence-electron chi connectivity index (χ1n) is 35.9. The Kier molecular flexibility index (Phi) is 37.3. The van der Waals surface area contributed by atoms with Crippen molar-refractivity contribution in [3.63, 3.8) is 0 Å². The van der Waals surface area contributed by atoms with Crippen molar-refractivity contribution in [3.8, 4) is 0 Å². The number of nitrogens with one attached hydrogen (secondary N) is 3. The fourth-order valence-electron chi connectivity index (χ4n) is 13.0. The number of amides is 10. The van der Waals surface area contributed by atoms with Gasteiger partial charge in [0.25, 0.3) is 0 Å². The van der Waals surface area contributed by atoms with Crippen molar-refractivity contribution in [2.75, 3.05) is 95.8 Å². The Morgan fingerprint density at radius 3 is 1.58 bits per heavy atom. The van der Waals surface area contributed by atoms with E-state index in [4.69, 9.17) is 9.47 Å². The molecule has 2 heterocycles. The van der Waals surface area contributed by atoms with Gasteiger partial charge in [0, 0.05) is 107 Å². The molecule has 2 rings (SSSR count). The molecule has 0 aromatic heterocycles. The highest BCUT2D eigenvalue weighted by atomic mass is 16.5. The van der Waals surface area contributed by atoms with E-state index in [2.05, 4.69) is 20.9 Å². The van der Waals surface area contributed by atoms with Crippen LogP contribution in [0.4, 0.5) is 0 Å². The molecule has 0 aliphatic carbocycles. The number of carbonyl (C=O) groups excluding carboxylic acids is 12. The van der Waals surface area contributed by atoms with Gasteiger partial charge in [-0.05, 0) is 114 Å². The summed E-state index contributed by atoms with van der Waals surface area (Å²) in [5.41, 5.74) is 0. The summed E-state index contributed by atoms with van der Waals surface area (Å²) in [7, 11) is 11.9. The summed E-state index contributed by atoms with van der Waals surface area (Å²) >= 11 is 0. The molecule has 0 aromatic carbocycles. The largest absolute Gasteiger partial charge is 0.390 e. The standard InChI is InChI=1S/C72H129N11O15/c1-25-53-70(94)77(19)50(15)68(92)82(24)62(51(16)98-34-27-26-31-83-32-35-97-36-33-83)58(85)41-52(45(8)9)69(93)78(20)54(37-42(2)3)57(84)40-48(13)64(88)73-49(14)67(91)79(21)55(38-43(4)5)71(95)80(22)56(39-44(6)7)72(96)81(23)61(46(10)11)66(90)75-60(65(89)74-53)63(87)47(12)29-28-30-59(86)76(17)18/h42-56,60-63,87H,25-41H2,1-24H3,(H,73,88)(H,74,89)(H,75,90)/t47-,48-,49-,50-,51-,52+,53+,54+,55+,56+,60+,61+,62+,63-/m1/s1. The maximum atomic E-state index is 15.2. The number of carbonyl (C=O) groups is 12. The molecule has 562 valence electrons. The van der Waals surface area contributed by atoms with E-state index in [9.17, 15) is 33.9 Å². The van der Waals surface area contributed by atoms with Gasteiger partial charge in [-0.2, -0.15) is 0 Å². The number of hydrogen-bond acceptors (Lipinski definition) is 16. The molecule has 0 spiro atoms. The van der Waals surface area contributed by atoms with Crippen LogP contribution in [0.5, 0.6) is 0 Å². The first-order valence-corrected chi connectivity index (χ1v) is 35.9. The third kappa shape index (κ3) is 25.8. The Morgan fingerprint density at radius 2 is 1.07 bits per heavy atom. The van der Waals surface area contributed by atoms with Crippen molar-refractivity contribution in [3.05, 3.63) is 0 Å². The zero-order valence-electron chi connectivity index (χ0n) is 64.2. The summed E-state index contributed by atoms with van der Waals surface area (Å²) in [5.74, 6) is -11.6. The molecule has 2 aliphatic rings. The first kappa shape index (κ1) is 88.0. The average Bonchev–Trinajstić information content (AvgIpc) is 0.816. The van der Waals surface area contributed by atoms with E-state index in [0.717, 1.165) is 31.0 Å². The monoisotopic (exact) mass is 1390 g/mol. The highest BCUT2D eigenvalue weighted by Crippen LogP contribution is 2.28. The Morgan fingerprint density at radius 1 is 0.561 bits per heavy atom. The van der Waals surface area contributed by atoms with Gasteiger partial charge in [0.05, 0.1) is 31.5 Å². The number of hydrogen-bond donors (Lipinski definition) is 4. The lowest BCUT2D eigenvalue weighted by atomic mass is 9.85. The lowest BCUT2D eigenvalue weighted by Crippen LogP contribution is -2.63. The summed E-state index contributed by atoms with van der Waals surface area (Å²) in [6.07, 6.45) is -0.711. The second-order valence-corrected chi connectivity index (χ2v) is 30.1. The molecule has 0 aromatic rings. The molecule has 0 unspecified atom stereocenters. The van der Waals surface area contributed by atoms with Crippen molar-refractivity contribution in [1.82, 2.24) is 55.1 Å². The molecular weight excluding hydrogens is 1260 g/mol. The molecule has 26 heteroatoms. The van der Waals surface area contributed by atoms with Gasteiger partial charge in [-0.1, -0.05) is 90.0 Å². The van der Waals surface area contributed by atoms with Crippen molar-refractivity contribution in [2.24, 2.45) is 47.3 Å². The van der Waals surface area contributed by atoms with Gasteiger partial charge in [0.1, 0.15) is 48.3 Å². The van der Waals surface area contributed by atoms with Gasteiger partial charge in [0.15, 0.2) is 11.6 Å². The number of ketones is 2. The van der Waals surface area contributed by atoms with Crippen LogP contribution in [0.25, 0.3) is 0 Å². The fourth-order valence-corrected chi connectivity index (χ4v) is 13.0. The third-order valence-electron chi connectivity index (χ3n) is 19.6. The topological polar surface area (TPSA) is 306 Å². The molecule has 2 saturated heterocycles. The number of aliphatic hydroxyl groups is 1. The zero-order chi connectivity index (χ0) is 75.1. The maximum absolute atomic E-state index is 15.2. The van der Waals surface area contributed by atoms with Crippen LogP contribution in [-0.4, -0.2) is 277 Å². The summed E-state index contributed by atoms with van der Waals surface area (Å²) < 4.78 is 11.9. The lowest BCUT2D eigenvalue weighted by Gasteiger charge is -2.40. The summed E-state index contributed by atoms with van der Waals surface area (Å²) in [5, 5.41) is 20.5. The molecular formula is C72H129N11O15. The lowest BCUT2D eigenvalue weighted by molar-refractivity contribution is -0.154. The number of unbranched alkanes of at least 4 members (excludes halogenated alkanes) is 1. The van der Waals surface area contributed by atoms with E-state index < -0.39 is 161 Å². The number of likely N-dealkylation sites (N-methyl/N-ethyl adjacent to an activating group) is 6. The Bertz CT molecular complexity index is 2650. The van der Waals surface area contributed by atoms with Gasteiger partial charge in [-0.3, -0.25) is 62.4 Å². The third-order valence-corrected chi connectivity index (χ3v) is 19.6. The van der Waals surface area contributed by atoms with E-state index in [1.54, 1.807) is 69.5 Å². The van der Waals surface area contributed by atoms with Gasteiger partial charge in [-0.25, -0.2) is 0 Å². The van der Waals surface area contributed by atoms with Crippen LogP contribution >= 0.6 is 0 Å². The molecule has 4 N–H and O–H groups in total. The molecule has 2 aliphatic heterocycles. The van der Waals surface area contributed by atoms with E-state index in [-0.39, 0.29) is 81.6 Å². The number of nitrogens with zero attached hydrogens (tertiary/aromatic N) is 8. The van der Waals surface area contributed by atoms with E-state index in [0.29, 0.717) is 26.1 Å². The molecule has 14 atom stereocenters. The van der Waals surface area contributed by atoms with Gasteiger partial charge in [-0.15, -0.1) is 0 Å². The number of aliphatic hydroxyl groups excluding tert-OH is 1. The molecule has 10 amide bonds. The van der Waals surface area contributed by atoms with Crippen LogP contribution in [0.3, 0.4) is 0 Å². The number of rotatable bonds is 22. The number of morpholine rings is 1. The second-order valence-electron chi connectivity index (χ2n) is 30.1. The van der Waals surface area contributed by atoms with Gasteiger partial charge < -0.3 is 64.8 Å². The minimum Gasteiger partial charge on any atom is -0.390 e. The average molecular weight is 1390 g/mol. The molecule has 2 fully saturated rings. The smallest absolute Gasteiger partial charge is 0.245 e. The predicted octanol–water partition coefficient (Wildman–Crippen LogP) is 4.26. The molecule has 26 nitrogen and oxygen atoms in total. The van der Waals surface area contributed by atoms with Crippen LogP contribution in [0, 0.1) is 47.3 Å². The van der Waals surface area contributed by atoms with Gasteiger partial charge in [0.2, 0.25) is 59.1 Å². The predicted molar refractivity (Wildman–Crippen MR) is 376 cm³/mol. The molecule has 98 heavy (non-hydrogen) atoms. The van der Waals surface area contributed by atoms with E-state index >= 15 is 28.8 Å². The van der Waals surface area contributed by atoms with Gasteiger partial charge >= 0.3 is 0 Å². The minimum atomic E-state index is -1.76. The number of Topliss-reactive ketones (excluding diaryl/α,β-unsaturated/α-hetero) is 2. The zero-order valence-corrected chi connectivity index (χ0v) is 64.2. The van der Waals surface area contributed by atoms with Crippen molar-refractivity contribution in [1.29, 1.82) is 0 Å². The highest BCUT2D eigenvalue weighted by Gasteiger charge is 2.45. The van der Waals surface area contributed by atoms with Crippen molar-refractivity contribution >= 4 is 70.6 Å². The summed E-state index contributed by atoms with van der Waals surface area (Å²) in [6.45, 7) is 31.6. The molecule has 0 saturated carbocycles. The summed E-state index contributed by atoms with van der Waals surface area (Å²) in [6, 6.07) is -11.6. The van der Waals surface area contributed by atoms with Crippen molar-refractivity contribution in [2.45, 2.75) is 248 Å². The van der Waals surface area contributed by atoms with Crippen LogP contribution in [0.15, 0.2) is 0 Å². The first-order chi connectivity index (χ1) is 45.5. The fraction of sp³-hybridized carbons (Fsp3) is 0.833. The minimum absolute atomic E-state index is 0.0325. The van der Waals surface area contributed by atoms with Crippen LogP contribution in [-0.2, 0) is 67.0 Å². The number of ether oxygens (including phenoxy) is 2.